The number of hydrogen-bond donors (Lipinski definition) is 0. The SMILES string of the molecule is Cc1ccc(OC(Oc2ccc(C)cc2)c2ccc3c(c2)C(C)(C)c2ccccc2-3)cc1. The van der Waals surface area contributed by atoms with Crippen molar-refractivity contribution in [1.29, 1.82) is 0 Å². The number of rotatable bonds is 5. The van der Waals surface area contributed by atoms with E-state index in [-0.39, 0.29) is 5.41 Å². The fourth-order valence-electron chi connectivity index (χ4n) is 4.51. The molecule has 1 aliphatic rings. The third-order valence-electron chi connectivity index (χ3n) is 6.41. The average molecular weight is 421 g/mol. The summed E-state index contributed by atoms with van der Waals surface area (Å²) in [5.41, 5.74) is 8.61. The normalized spacial score (nSPS) is 13.5. The Balaban J connectivity index is 1.55. The summed E-state index contributed by atoms with van der Waals surface area (Å²) in [6.07, 6.45) is -0.551. The standard InChI is InChI=1S/C30H28O2/c1-20-9-14-23(15-10-20)31-29(32-24-16-11-21(2)12-17-24)22-13-18-26-25-7-5-6-8-27(25)30(3,4)28(26)19-22/h5-19,29H,1-4H3. The van der Waals surface area contributed by atoms with Gasteiger partial charge in [0.2, 0.25) is 0 Å². The van der Waals surface area contributed by atoms with Gasteiger partial charge in [0, 0.05) is 11.0 Å². The topological polar surface area (TPSA) is 18.5 Å². The summed E-state index contributed by atoms with van der Waals surface area (Å²) in [5, 5.41) is 0. The molecule has 0 saturated heterocycles. The number of benzene rings is 4. The molecule has 0 bridgehead atoms. The highest BCUT2D eigenvalue weighted by Gasteiger charge is 2.36. The second kappa shape index (κ2) is 7.87. The minimum absolute atomic E-state index is 0.0692. The Labute approximate surface area is 190 Å². The Morgan fingerprint density at radius 3 is 1.72 bits per heavy atom. The number of aryl methyl sites for hydroxylation is 2. The summed E-state index contributed by atoms with van der Waals surface area (Å²) < 4.78 is 12.7. The molecule has 0 fully saturated rings. The highest BCUT2D eigenvalue weighted by atomic mass is 16.7. The zero-order valence-electron chi connectivity index (χ0n) is 19.1. The van der Waals surface area contributed by atoms with Crippen molar-refractivity contribution in [3.05, 3.63) is 119 Å². The molecule has 5 rings (SSSR count). The molecule has 4 aromatic carbocycles. The molecular formula is C30H28O2. The third kappa shape index (κ3) is 3.67. The van der Waals surface area contributed by atoms with Gasteiger partial charge in [-0.25, -0.2) is 0 Å². The molecule has 2 nitrogen and oxygen atoms in total. The molecule has 1 aliphatic carbocycles. The molecule has 0 aliphatic heterocycles. The first-order valence-corrected chi connectivity index (χ1v) is 11.1. The van der Waals surface area contributed by atoms with Gasteiger partial charge in [-0.2, -0.15) is 0 Å². The van der Waals surface area contributed by atoms with Gasteiger partial charge in [-0.15, -0.1) is 0 Å². The van der Waals surface area contributed by atoms with Crippen molar-refractivity contribution in [2.45, 2.75) is 39.4 Å². The first-order valence-electron chi connectivity index (χ1n) is 11.1. The Bertz CT molecular complexity index is 1200. The van der Waals surface area contributed by atoms with E-state index in [1.165, 1.54) is 33.4 Å². The molecule has 0 saturated carbocycles. The summed E-state index contributed by atoms with van der Waals surface area (Å²) in [6, 6.07) is 31.5. The van der Waals surface area contributed by atoms with Crippen molar-refractivity contribution >= 4 is 0 Å². The lowest BCUT2D eigenvalue weighted by atomic mass is 9.82. The van der Waals surface area contributed by atoms with Crippen molar-refractivity contribution in [2.75, 3.05) is 0 Å². The number of hydrogen-bond acceptors (Lipinski definition) is 2. The quantitative estimate of drug-likeness (QED) is 0.307. The van der Waals surface area contributed by atoms with E-state index < -0.39 is 6.29 Å². The molecule has 2 heteroatoms. The van der Waals surface area contributed by atoms with Crippen LogP contribution in [-0.2, 0) is 5.41 Å². The van der Waals surface area contributed by atoms with Gasteiger partial charge in [0.1, 0.15) is 11.5 Å². The van der Waals surface area contributed by atoms with Gasteiger partial charge in [0.05, 0.1) is 0 Å². The minimum atomic E-state index is -0.551. The Morgan fingerprint density at radius 2 is 1.12 bits per heavy atom. The lowest BCUT2D eigenvalue weighted by molar-refractivity contribution is 0.00373. The lowest BCUT2D eigenvalue weighted by Crippen LogP contribution is -2.18. The van der Waals surface area contributed by atoms with Gasteiger partial charge in [0.25, 0.3) is 6.29 Å². The first-order chi connectivity index (χ1) is 15.4. The molecule has 0 aromatic heterocycles. The maximum absolute atomic E-state index is 6.37. The molecule has 160 valence electrons. The molecule has 0 spiro atoms. The predicted octanol–water partition coefficient (Wildman–Crippen LogP) is 7.77. The van der Waals surface area contributed by atoms with Gasteiger partial charge in [0.15, 0.2) is 0 Å². The number of fused-ring (bicyclic) bond motifs is 3. The van der Waals surface area contributed by atoms with Crippen LogP contribution in [0.25, 0.3) is 11.1 Å². The van der Waals surface area contributed by atoms with Crippen LogP contribution in [-0.4, -0.2) is 0 Å². The van der Waals surface area contributed by atoms with E-state index in [0.717, 1.165) is 17.1 Å². The summed E-state index contributed by atoms with van der Waals surface area (Å²) in [7, 11) is 0. The van der Waals surface area contributed by atoms with E-state index in [9.17, 15) is 0 Å². The van der Waals surface area contributed by atoms with E-state index in [1.54, 1.807) is 0 Å². The van der Waals surface area contributed by atoms with Crippen LogP contribution in [0, 0.1) is 13.8 Å². The van der Waals surface area contributed by atoms with Crippen LogP contribution in [0.1, 0.15) is 48.0 Å². The zero-order chi connectivity index (χ0) is 22.3. The van der Waals surface area contributed by atoms with Crippen LogP contribution in [0.5, 0.6) is 11.5 Å². The van der Waals surface area contributed by atoms with Gasteiger partial charge in [-0.1, -0.05) is 85.6 Å². The maximum atomic E-state index is 6.37. The fraction of sp³-hybridized carbons (Fsp3) is 0.200. The maximum Gasteiger partial charge on any atom is 0.267 e. The van der Waals surface area contributed by atoms with Crippen molar-refractivity contribution in [3.8, 4) is 22.6 Å². The summed E-state index contributed by atoms with van der Waals surface area (Å²) >= 11 is 0. The smallest absolute Gasteiger partial charge is 0.267 e. The van der Waals surface area contributed by atoms with Crippen molar-refractivity contribution < 1.29 is 9.47 Å². The molecule has 0 radical (unpaired) electrons. The van der Waals surface area contributed by atoms with Crippen LogP contribution < -0.4 is 9.47 Å². The molecule has 0 unspecified atom stereocenters. The van der Waals surface area contributed by atoms with Crippen LogP contribution in [0.15, 0.2) is 91.0 Å². The second-order valence-corrected chi connectivity index (χ2v) is 9.17. The predicted molar refractivity (Wildman–Crippen MR) is 130 cm³/mol. The third-order valence-corrected chi connectivity index (χ3v) is 6.41. The Hall–Kier alpha value is -3.52. The molecule has 32 heavy (non-hydrogen) atoms. The average Bonchev–Trinajstić information content (AvgIpc) is 3.03. The van der Waals surface area contributed by atoms with Gasteiger partial charge < -0.3 is 9.47 Å². The van der Waals surface area contributed by atoms with Crippen LogP contribution in [0.2, 0.25) is 0 Å². The summed E-state index contributed by atoms with van der Waals surface area (Å²) in [6.45, 7) is 8.73. The summed E-state index contributed by atoms with van der Waals surface area (Å²) in [5.74, 6) is 1.58. The van der Waals surface area contributed by atoms with Crippen LogP contribution in [0.3, 0.4) is 0 Å². The van der Waals surface area contributed by atoms with Gasteiger partial charge in [-0.05, 0) is 66.4 Å². The number of ether oxygens (including phenoxy) is 2. The van der Waals surface area contributed by atoms with Gasteiger partial charge in [-0.3, -0.25) is 0 Å². The van der Waals surface area contributed by atoms with Crippen LogP contribution in [0.4, 0.5) is 0 Å². The molecular weight excluding hydrogens is 392 g/mol. The zero-order valence-corrected chi connectivity index (χ0v) is 19.1. The van der Waals surface area contributed by atoms with Crippen molar-refractivity contribution in [1.82, 2.24) is 0 Å². The molecule has 0 amide bonds. The highest BCUT2D eigenvalue weighted by molar-refractivity contribution is 5.80. The van der Waals surface area contributed by atoms with E-state index in [4.69, 9.17) is 9.47 Å². The van der Waals surface area contributed by atoms with E-state index >= 15 is 0 Å². The van der Waals surface area contributed by atoms with E-state index in [2.05, 4.69) is 94.4 Å². The van der Waals surface area contributed by atoms with Crippen molar-refractivity contribution in [2.24, 2.45) is 0 Å². The summed E-state index contributed by atoms with van der Waals surface area (Å²) in [4.78, 5) is 0. The second-order valence-electron chi connectivity index (χ2n) is 9.17. The minimum Gasteiger partial charge on any atom is -0.451 e. The molecule has 0 atom stereocenters. The molecule has 0 N–H and O–H groups in total. The largest absolute Gasteiger partial charge is 0.451 e. The van der Waals surface area contributed by atoms with Gasteiger partial charge >= 0.3 is 0 Å². The molecule has 0 heterocycles. The first kappa shape index (κ1) is 20.4. The van der Waals surface area contributed by atoms with Crippen LogP contribution >= 0.6 is 0 Å². The van der Waals surface area contributed by atoms with E-state index in [0.29, 0.717) is 0 Å². The lowest BCUT2D eigenvalue weighted by Gasteiger charge is -2.25. The highest BCUT2D eigenvalue weighted by Crippen LogP contribution is 2.49. The Kier molecular flexibility index (Phi) is 5.01. The van der Waals surface area contributed by atoms with Crippen molar-refractivity contribution in [3.63, 3.8) is 0 Å². The monoisotopic (exact) mass is 420 g/mol. The fourth-order valence-corrected chi connectivity index (χ4v) is 4.51. The molecule has 4 aromatic rings. The Morgan fingerprint density at radius 1 is 0.594 bits per heavy atom. The van der Waals surface area contributed by atoms with E-state index in [1.807, 2.05) is 24.3 Å².